The van der Waals surface area contributed by atoms with Gasteiger partial charge in [0.25, 0.3) is 0 Å². The zero-order chi connectivity index (χ0) is 18.7. The lowest BCUT2D eigenvalue weighted by Crippen LogP contribution is -2.24. The molecule has 0 heterocycles. The Balaban J connectivity index is 2.07. The van der Waals surface area contributed by atoms with Crippen molar-refractivity contribution in [3.8, 4) is 11.5 Å². The van der Waals surface area contributed by atoms with Gasteiger partial charge in [0.1, 0.15) is 11.5 Å². The van der Waals surface area contributed by atoms with Gasteiger partial charge in [-0.05, 0) is 43.2 Å². The molecular formula is C20H22O5S. The van der Waals surface area contributed by atoms with Crippen LogP contribution in [-0.4, -0.2) is 33.8 Å². The first-order chi connectivity index (χ1) is 12.5. The van der Waals surface area contributed by atoms with Gasteiger partial charge in [-0.2, -0.15) is 0 Å². The van der Waals surface area contributed by atoms with Crippen LogP contribution in [0, 0.1) is 0 Å². The Hall–Kier alpha value is -2.31. The second kappa shape index (κ2) is 7.51. The quantitative estimate of drug-likeness (QED) is 0.869. The van der Waals surface area contributed by atoms with Crippen LogP contribution < -0.4 is 9.47 Å². The molecule has 26 heavy (non-hydrogen) atoms. The predicted octanol–water partition coefficient (Wildman–Crippen LogP) is 3.30. The van der Waals surface area contributed by atoms with Gasteiger partial charge in [0.2, 0.25) is 9.84 Å². The highest BCUT2D eigenvalue weighted by molar-refractivity contribution is 7.95. The number of sulfone groups is 1. The molecule has 5 nitrogen and oxygen atoms in total. The van der Waals surface area contributed by atoms with Crippen molar-refractivity contribution in [3.05, 3.63) is 65.1 Å². The maximum Gasteiger partial charge on any atom is 0.205 e. The van der Waals surface area contributed by atoms with Gasteiger partial charge in [0.05, 0.1) is 30.1 Å². The van der Waals surface area contributed by atoms with E-state index in [9.17, 15) is 13.5 Å². The Morgan fingerprint density at radius 2 is 1.73 bits per heavy atom. The Labute approximate surface area is 153 Å². The molecule has 2 aromatic rings. The largest absolute Gasteiger partial charge is 0.497 e. The van der Waals surface area contributed by atoms with Crippen LogP contribution in [0.15, 0.2) is 64.4 Å². The summed E-state index contributed by atoms with van der Waals surface area (Å²) in [6.45, 7) is 0. The molecule has 0 aromatic heterocycles. The lowest BCUT2D eigenvalue weighted by atomic mass is 9.87. The van der Waals surface area contributed by atoms with E-state index in [2.05, 4.69) is 0 Å². The predicted molar refractivity (Wildman–Crippen MR) is 99.2 cm³/mol. The van der Waals surface area contributed by atoms with Crippen molar-refractivity contribution in [3.63, 3.8) is 0 Å². The number of allylic oxidation sites excluding steroid dienone is 1. The molecule has 0 aliphatic heterocycles. The van der Waals surface area contributed by atoms with E-state index in [1.165, 1.54) is 0 Å². The first-order valence-corrected chi connectivity index (χ1v) is 9.87. The topological polar surface area (TPSA) is 72.8 Å². The highest BCUT2D eigenvalue weighted by atomic mass is 32.2. The van der Waals surface area contributed by atoms with Crippen LogP contribution >= 0.6 is 0 Å². The number of methoxy groups -OCH3 is 2. The molecule has 3 rings (SSSR count). The molecule has 1 aliphatic rings. The van der Waals surface area contributed by atoms with E-state index >= 15 is 0 Å². The van der Waals surface area contributed by atoms with Crippen molar-refractivity contribution in [2.75, 3.05) is 14.2 Å². The highest BCUT2D eigenvalue weighted by Crippen LogP contribution is 2.40. The third-order valence-electron chi connectivity index (χ3n) is 4.65. The van der Waals surface area contributed by atoms with E-state index in [4.69, 9.17) is 9.47 Å². The zero-order valence-corrected chi connectivity index (χ0v) is 15.6. The molecule has 0 spiro atoms. The van der Waals surface area contributed by atoms with E-state index in [-0.39, 0.29) is 15.7 Å². The summed E-state index contributed by atoms with van der Waals surface area (Å²) in [6, 6.07) is 13.6. The molecule has 1 N–H and O–H groups in total. The number of benzene rings is 2. The standard InChI is InChI=1S/C20H22O5S/c1-24-15-9-11-19(25-2)17(13-15)14-8-10-18(21)20(12-14)26(22,23)16-6-4-3-5-7-16/h3-7,9,11-14,18,21H,8,10H2,1-2H3/t14-,18+/m1/s1. The van der Waals surface area contributed by atoms with Crippen LogP contribution in [0.2, 0.25) is 0 Å². The average Bonchev–Trinajstić information content (AvgIpc) is 2.68. The number of hydrogen-bond acceptors (Lipinski definition) is 5. The monoisotopic (exact) mass is 374 g/mol. The molecule has 2 atom stereocenters. The Morgan fingerprint density at radius 3 is 2.38 bits per heavy atom. The molecule has 6 heteroatoms. The van der Waals surface area contributed by atoms with Gasteiger partial charge in [0, 0.05) is 11.5 Å². The van der Waals surface area contributed by atoms with Crippen LogP contribution in [0.4, 0.5) is 0 Å². The molecule has 0 saturated carbocycles. The normalized spacial score (nSPS) is 20.3. The Bertz CT molecular complexity index is 903. The summed E-state index contributed by atoms with van der Waals surface area (Å²) in [7, 11) is -0.590. The van der Waals surface area contributed by atoms with Gasteiger partial charge in [0.15, 0.2) is 0 Å². The van der Waals surface area contributed by atoms with Gasteiger partial charge in [-0.1, -0.05) is 24.3 Å². The van der Waals surface area contributed by atoms with Crippen molar-refractivity contribution in [1.82, 2.24) is 0 Å². The molecule has 1 aliphatic carbocycles. The first-order valence-electron chi connectivity index (χ1n) is 8.39. The fraction of sp³-hybridized carbons (Fsp3) is 0.300. The van der Waals surface area contributed by atoms with Gasteiger partial charge >= 0.3 is 0 Å². The molecular weight excluding hydrogens is 352 g/mol. The third kappa shape index (κ3) is 3.48. The molecule has 0 amide bonds. The van der Waals surface area contributed by atoms with Crippen LogP contribution in [0.25, 0.3) is 0 Å². The summed E-state index contributed by atoms with van der Waals surface area (Å²) in [5.74, 6) is 1.16. The van der Waals surface area contributed by atoms with Crippen molar-refractivity contribution >= 4 is 9.84 Å². The van der Waals surface area contributed by atoms with Gasteiger partial charge in [-0.15, -0.1) is 0 Å². The summed E-state index contributed by atoms with van der Waals surface area (Å²) in [6.07, 6.45) is 1.63. The van der Waals surface area contributed by atoms with E-state index in [0.717, 1.165) is 5.56 Å². The van der Waals surface area contributed by atoms with Crippen molar-refractivity contribution < 1.29 is 23.0 Å². The molecule has 0 radical (unpaired) electrons. The van der Waals surface area contributed by atoms with E-state index in [1.807, 2.05) is 6.07 Å². The van der Waals surface area contributed by atoms with Crippen LogP contribution in [0.3, 0.4) is 0 Å². The second-order valence-corrected chi connectivity index (χ2v) is 8.14. The highest BCUT2D eigenvalue weighted by Gasteiger charge is 2.32. The molecule has 0 unspecified atom stereocenters. The molecule has 2 aromatic carbocycles. The smallest absolute Gasteiger partial charge is 0.205 e. The van der Waals surface area contributed by atoms with Crippen molar-refractivity contribution in [2.24, 2.45) is 0 Å². The fourth-order valence-electron chi connectivity index (χ4n) is 3.25. The van der Waals surface area contributed by atoms with Crippen LogP contribution in [0.1, 0.15) is 24.3 Å². The lowest BCUT2D eigenvalue weighted by molar-refractivity contribution is 0.195. The summed E-state index contributed by atoms with van der Waals surface area (Å²) in [5, 5.41) is 10.4. The first kappa shape index (κ1) is 18.5. The summed E-state index contributed by atoms with van der Waals surface area (Å²) in [4.78, 5) is 0.230. The number of hydrogen-bond donors (Lipinski definition) is 1. The van der Waals surface area contributed by atoms with Crippen LogP contribution in [0.5, 0.6) is 11.5 Å². The summed E-state index contributed by atoms with van der Waals surface area (Å²) < 4.78 is 36.7. The van der Waals surface area contributed by atoms with Gasteiger partial charge < -0.3 is 14.6 Å². The van der Waals surface area contributed by atoms with E-state index in [0.29, 0.717) is 24.3 Å². The second-order valence-electron chi connectivity index (χ2n) is 6.19. The summed E-state index contributed by atoms with van der Waals surface area (Å²) >= 11 is 0. The summed E-state index contributed by atoms with van der Waals surface area (Å²) in [5.41, 5.74) is 0.847. The van der Waals surface area contributed by atoms with E-state index in [1.54, 1.807) is 62.8 Å². The average molecular weight is 374 g/mol. The number of aliphatic hydroxyl groups is 1. The fourth-order valence-corrected chi connectivity index (χ4v) is 4.86. The van der Waals surface area contributed by atoms with Crippen LogP contribution in [-0.2, 0) is 9.84 Å². The number of aliphatic hydroxyl groups excluding tert-OH is 1. The maximum absolute atomic E-state index is 13.0. The maximum atomic E-state index is 13.0. The minimum absolute atomic E-state index is 0.0461. The van der Waals surface area contributed by atoms with Gasteiger partial charge in [-0.25, -0.2) is 8.42 Å². The molecule has 0 fully saturated rings. The minimum Gasteiger partial charge on any atom is -0.497 e. The van der Waals surface area contributed by atoms with E-state index < -0.39 is 15.9 Å². The van der Waals surface area contributed by atoms with Crippen molar-refractivity contribution in [2.45, 2.75) is 29.8 Å². The lowest BCUT2D eigenvalue weighted by Gasteiger charge is -2.27. The van der Waals surface area contributed by atoms with Crippen molar-refractivity contribution in [1.29, 1.82) is 0 Å². The minimum atomic E-state index is -3.75. The third-order valence-corrected chi connectivity index (χ3v) is 6.57. The number of rotatable bonds is 5. The molecule has 0 bridgehead atoms. The SMILES string of the molecule is COc1ccc(OC)c([C@H]2C=C(S(=O)(=O)c3ccccc3)[C@@H](O)CC2)c1. The molecule has 0 saturated heterocycles. The zero-order valence-electron chi connectivity index (χ0n) is 14.8. The Kier molecular flexibility index (Phi) is 5.34. The molecule has 138 valence electrons. The Morgan fingerprint density at radius 1 is 1.00 bits per heavy atom. The van der Waals surface area contributed by atoms with Gasteiger partial charge in [-0.3, -0.25) is 0 Å². The number of ether oxygens (including phenoxy) is 2.